The second kappa shape index (κ2) is 4.78. The van der Waals surface area contributed by atoms with E-state index in [1.54, 1.807) is 0 Å². The van der Waals surface area contributed by atoms with E-state index in [1.165, 1.54) is 19.3 Å². The van der Waals surface area contributed by atoms with Gasteiger partial charge in [0, 0.05) is 18.0 Å². The van der Waals surface area contributed by atoms with Gasteiger partial charge in [-0.15, -0.1) is 0 Å². The third kappa shape index (κ3) is 4.09. The van der Waals surface area contributed by atoms with Crippen LogP contribution in [-0.4, -0.2) is 18.0 Å². The maximum absolute atomic E-state index is 11.7. The predicted molar refractivity (Wildman–Crippen MR) is 57.9 cm³/mol. The zero-order valence-corrected chi connectivity index (χ0v) is 9.31. The number of carbonyl (C=O) groups is 1. The fourth-order valence-electron chi connectivity index (χ4n) is 1.82. The molecular formula is C11H22N2O. The van der Waals surface area contributed by atoms with Crippen molar-refractivity contribution in [2.24, 2.45) is 11.7 Å². The number of amides is 1. The van der Waals surface area contributed by atoms with Gasteiger partial charge in [0.05, 0.1) is 0 Å². The number of nitrogens with one attached hydrogen (secondary N) is 1. The minimum Gasteiger partial charge on any atom is -0.354 e. The summed E-state index contributed by atoms with van der Waals surface area (Å²) in [4.78, 5) is 11.7. The van der Waals surface area contributed by atoms with Crippen LogP contribution < -0.4 is 11.1 Å². The molecule has 1 saturated carbocycles. The van der Waals surface area contributed by atoms with E-state index in [-0.39, 0.29) is 17.4 Å². The van der Waals surface area contributed by atoms with Crippen molar-refractivity contribution in [2.45, 2.75) is 51.5 Å². The van der Waals surface area contributed by atoms with Crippen molar-refractivity contribution in [1.82, 2.24) is 5.32 Å². The Labute approximate surface area is 86.4 Å². The average Bonchev–Trinajstić information content (AvgIpc) is 2.14. The second-order valence-electron chi connectivity index (χ2n) is 5.04. The van der Waals surface area contributed by atoms with Crippen molar-refractivity contribution >= 4 is 5.91 Å². The molecule has 0 radical (unpaired) electrons. The zero-order valence-electron chi connectivity index (χ0n) is 9.31. The van der Waals surface area contributed by atoms with E-state index >= 15 is 0 Å². The van der Waals surface area contributed by atoms with Crippen LogP contribution >= 0.6 is 0 Å². The molecule has 1 aliphatic carbocycles. The van der Waals surface area contributed by atoms with Gasteiger partial charge in [-0.2, -0.15) is 0 Å². The highest BCUT2D eigenvalue weighted by molar-refractivity contribution is 5.78. The molecule has 0 aliphatic heterocycles. The van der Waals surface area contributed by atoms with Gasteiger partial charge < -0.3 is 11.1 Å². The second-order valence-corrected chi connectivity index (χ2v) is 5.04. The fourth-order valence-corrected chi connectivity index (χ4v) is 1.82. The lowest BCUT2D eigenvalue weighted by Gasteiger charge is -2.24. The molecule has 1 amide bonds. The first kappa shape index (κ1) is 11.5. The Kier molecular flexibility index (Phi) is 3.93. The number of hydrogen-bond donors (Lipinski definition) is 2. The Hall–Kier alpha value is -0.570. The standard InChI is InChI=1S/C11H22N2O/c1-11(2,12)8-13-10(14)9-6-4-3-5-7-9/h9H,3-8,12H2,1-2H3,(H,13,14). The fraction of sp³-hybridized carbons (Fsp3) is 0.909. The maximum Gasteiger partial charge on any atom is 0.223 e. The van der Waals surface area contributed by atoms with Gasteiger partial charge in [-0.3, -0.25) is 4.79 Å². The lowest BCUT2D eigenvalue weighted by molar-refractivity contribution is -0.126. The molecule has 0 saturated heterocycles. The van der Waals surface area contributed by atoms with Crippen LogP contribution in [0.1, 0.15) is 46.0 Å². The molecule has 3 nitrogen and oxygen atoms in total. The van der Waals surface area contributed by atoms with Crippen molar-refractivity contribution in [1.29, 1.82) is 0 Å². The largest absolute Gasteiger partial charge is 0.354 e. The van der Waals surface area contributed by atoms with Gasteiger partial charge in [0.25, 0.3) is 0 Å². The summed E-state index contributed by atoms with van der Waals surface area (Å²) in [6.45, 7) is 4.42. The van der Waals surface area contributed by atoms with Crippen molar-refractivity contribution in [2.75, 3.05) is 6.54 Å². The van der Waals surface area contributed by atoms with Crippen LogP contribution in [0.5, 0.6) is 0 Å². The normalized spacial score (nSPS) is 19.4. The highest BCUT2D eigenvalue weighted by atomic mass is 16.1. The van der Waals surface area contributed by atoms with Crippen LogP contribution in [0.25, 0.3) is 0 Å². The molecule has 0 bridgehead atoms. The van der Waals surface area contributed by atoms with Crippen LogP contribution in [0.3, 0.4) is 0 Å². The van der Waals surface area contributed by atoms with Crippen LogP contribution in [0.4, 0.5) is 0 Å². The van der Waals surface area contributed by atoms with Gasteiger partial charge in [0.2, 0.25) is 5.91 Å². The van der Waals surface area contributed by atoms with Gasteiger partial charge in [0.1, 0.15) is 0 Å². The Morgan fingerprint density at radius 2 is 1.93 bits per heavy atom. The summed E-state index contributed by atoms with van der Waals surface area (Å²) in [5, 5.41) is 2.93. The molecule has 82 valence electrons. The summed E-state index contributed by atoms with van der Waals surface area (Å²) in [5.41, 5.74) is 5.50. The third-order valence-corrected chi connectivity index (χ3v) is 2.69. The minimum absolute atomic E-state index is 0.197. The van der Waals surface area contributed by atoms with Gasteiger partial charge in [-0.25, -0.2) is 0 Å². The lowest BCUT2D eigenvalue weighted by atomic mass is 9.88. The molecule has 0 aromatic carbocycles. The molecule has 0 unspecified atom stereocenters. The lowest BCUT2D eigenvalue weighted by Crippen LogP contribution is -2.46. The topological polar surface area (TPSA) is 55.1 Å². The summed E-state index contributed by atoms with van der Waals surface area (Å²) in [6, 6.07) is 0. The highest BCUT2D eigenvalue weighted by Crippen LogP contribution is 2.23. The molecule has 0 spiro atoms. The monoisotopic (exact) mass is 198 g/mol. The highest BCUT2D eigenvalue weighted by Gasteiger charge is 2.22. The number of rotatable bonds is 3. The van der Waals surface area contributed by atoms with Crippen LogP contribution in [0.2, 0.25) is 0 Å². The van der Waals surface area contributed by atoms with Crippen molar-refractivity contribution in [3.8, 4) is 0 Å². The molecule has 14 heavy (non-hydrogen) atoms. The van der Waals surface area contributed by atoms with E-state index in [0.29, 0.717) is 6.54 Å². The molecule has 3 heteroatoms. The Bertz CT molecular complexity index is 190. The zero-order chi connectivity index (χ0) is 10.6. The summed E-state index contributed by atoms with van der Waals surface area (Å²) in [7, 11) is 0. The minimum atomic E-state index is -0.301. The molecule has 0 aromatic heterocycles. The van der Waals surface area contributed by atoms with Crippen molar-refractivity contribution in [3.05, 3.63) is 0 Å². The maximum atomic E-state index is 11.7. The number of carbonyl (C=O) groups excluding carboxylic acids is 1. The van der Waals surface area contributed by atoms with Gasteiger partial charge in [-0.05, 0) is 26.7 Å². The first-order valence-corrected chi connectivity index (χ1v) is 5.56. The number of hydrogen-bond acceptors (Lipinski definition) is 2. The molecule has 0 atom stereocenters. The average molecular weight is 198 g/mol. The Morgan fingerprint density at radius 1 is 1.36 bits per heavy atom. The molecule has 3 N–H and O–H groups in total. The van der Waals surface area contributed by atoms with E-state index in [1.807, 2.05) is 13.8 Å². The summed E-state index contributed by atoms with van der Waals surface area (Å²) in [5.74, 6) is 0.439. The molecule has 0 heterocycles. The Morgan fingerprint density at radius 3 is 2.43 bits per heavy atom. The van der Waals surface area contributed by atoms with Gasteiger partial charge >= 0.3 is 0 Å². The first-order chi connectivity index (χ1) is 6.49. The molecular weight excluding hydrogens is 176 g/mol. The smallest absolute Gasteiger partial charge is 0.223 e. The molecule has 1 fully saturated rings. The molecule has 0 aromatic rings. The predicted octanol–water partition coefficient (Wildman–Crippen LogP) is 1.42. The first-order valence-electron chi connectivity index (χ1n) is 5.56. The van der Waals surface area contributed by atoms with Crippen LogP contribution in [0.15, 0.2) is 0 Å². The van der Waals surface area contributed by atoms with E-state index < -0.39 is 0 Å². The molecule has 1 aliphatic rings. The van der Waals surface area contributed by atoms with E-state index in [0.717, 1.165) is 12.8 Å². The van der Waals surface area contributed by atoms with Crippen LogP contribution in [0, 0.1) is 5.92 Å². The van der Waals surface area contributed by atoms with Crippen LogP contribution in [-0.2, 0) is 4.79 Å². The van der Waals surface area contributed by atoms with Gasteiger partial charge in [-0.1, -0.05) is 19.3 Å². The summed E-state index contributed by atoms with van der Waals surface area (Å²) in [6.07, 6.45) is 5.79. The summed E-state index contributed by atoms with van der Waals surface area (Å²) >= 11 is 0. The van der Waals surface area contributed by atoms with E-state index in [4.69, 9.17) is 5.73 Å². The number of nitrogens with two attached hydrogens (primary N) is 1. The van der Waals surface area contributed by atoms with E-state index in [9.17, 15) is 4.79 Å². The molecule has 1 rings (SSSR count). The third-order valence-electron chi connectivity index (χ3n) is 2.69. The quantitative estimate of drug-likeness (QED) is 0.720. The van der Waals surface area contributed by atoms with Crippen molar-refractivity contribution < 1.29 is 4.79 Å². The Balaban J connectivity index is 2.27. The SMILES string of the molecule is CC(C)(N)CNC(=O)C1CCCCC1. The van der Waals surface area contributed by atoms with E-state index in [2.05, 4.69) is 5.32 Å². The summed E-state index contributed by atoms with van der Waals surface area (Å²) < 4.78 is 0. The van der Waals surface area contributed by atoms with Gasteiger partial charge in [0.15, 0.2) is 0 Å². The van der Waals surface area contributed by atoms with Crippen molar-refractivity contribution in [3.63, 3.8) is 0 Å².